The van der Waals surface area contributed by atoms with Gasteiger partial charge in [0.2, 0.25) is 5.91 Å². The molecule has 1 aromatic carbocycles. The van der Waals surface area contributed by atoms with Gasteiger partial charge in [0.25, 0.3) is 0 Å². The second kappa shape index (κ2) is 9.53. The van der Waals surface area contributed by atoms with Crippen LogP contribution in [0.5, 0.6) is 0 Å². The fraction of sp³-hybridized carbons (Fsp3) is 0.529. The smallest absolute Gasteiger partial charge is 0.307 e. The van der Waals surface area contributed by atoms with Gasteiger partial charge in [-0.2, -0.15) is 0 Å². The maximum Gasteiger partial charge on any atom is 0.307 e. The van der Waals surface area contributed by atoms with Crippen LogP contribution in [0.25, 0.3) is 0 Å². The molecule has 1 unspecified atom stereocenters. The molecule has 1 aromatic rings. The first-order valence-corrected chi connectivity index (χ1v) is 7.75. The summed E-state index contributed by atoms with van der Waals surface area (Å²) in [5.74, 6) is -0.306. The summed E-state index contributed by atoms with van der Waals surface area (Å²) in [6.07, 6.45) is 1.80. The van der Waals surface area contributed by atoms with E-state index < -0.39 is 0 Å². The zero-order chi connectivity index (χ0) is 15.9. The van der Waals surface area contributed by atoms with E-state index in [1.165, 1.54) is 7.11 Å². The summed E-state index contributed by atoms with van der Waals surface area (Å²) >= 11 is 0. The van der Waals surface area contributed by atoms with E-state index in [-0.39, 0.29) is 42.7 Å². The quantitative estimate of drug-likeness (QED) is 0.806. The van der Waals surface area contributed by atoms with E-state index in [9.17, 15) is 9.59 Å². The Bertz CT molecular complexity index is 510. The van der Waals surface area contributed by atoms with Crippen molar-refractivity contribution in [2.24, 2.45) is 5.92 Å². The fourth-order valence-electron chi connectivity index (χ4n) is 2.85. The van der Waals surface area contributed by atoms with E-state index in [1.807, 2.05) is 30.3 Å². The van der Waals surface area contributed by atoms with Gasteiger partial charge in [-0.05, 0) is 31.9 Å². The maximum absolute atomic E-state index is 12.5. The number of carbonyl (C=O) groups excluding carboxylic acids is 2. The van der Waals surface area contributed by atoms with Crippen LogP contribution < -0.4 is 10.6 Å². The van der Waals surface area contributed by atoms with Crippen molar-refractivity contribution in [1.29, 1.82) is 0 Å². The number of carbonyl (C=O) groups is 2. The summed E-state index contributed by atoms with van der Waals surface area (Å²) in [6.45, 7) is 2.94. The van der Waals surface area contributed by atoms with E-state index in [4.69, 9.17) is 4.74 Å². The van der Waals surface area contributed by atoms with Gasteiger partial charge in [-0.15, -0.1) is 12.4 Å². The van der Waals surface area contributed by atoms with Gasteiger partial charge in [-0.3, -0.25) is 9.59 Å². The second-order valence-corrected chi connectivity index (χ2v) is 5.83. The standard InChI is InChI=1S/C17H24N2O3.ClH/c1-12-10-14(8-9-18-12)17(21)19-15(11-16(20)22-2)13-6-4-3-5-7-13;/h3-7,12,14-15,18H,8-11H2,1-2H3,(H,19,21);1H/t12-,14-,15?;/m0./s1. The van der Waals surface area contributed by atoms with E-state index >= 15 is 0 Å². The van der Waals surface area contributed by atoms with Crippen LogP contribution in [0.3, 0.4) is 0 Å². The highest BCUT2D eigenvalue weighted by molar-refractivity contribution is 5.85. The third-order valence-electron chi connectivity index (χ3n) is 4.11. The Hall–Kier alpha value is -1.59. The van der Waals surface area contributed by atoms with Crippen molar-refractivity contribution in [2.45, 2.75) is 38.3 Å². The van der Waals surface area contributed by atoms with Gasteiger partial charge in [-0.1, -0.05) is 30.3 Å². The van der Waals surface area contributed by atoms with E-state index in [0.717, 1.165) is 24.9 Å². The molecular formula is C17H25ClN2O3. The van der Waals surface area contributed by atoms with Crippen LogP contribution in [0, 0.1) is 5.92 Å². The number of hydrogen-bond acceptors (Lipinski definition) is 4. The van der Waals surface area contributed by atoms with Crippen LogP contribution in [0.15, 0.2) is 30.3 Å². The predicted octanol–water partition coefficient (Wildman–Crippen LogP) is 2.22. The molecular weight excluding hydrogens is 316 g/mol. The molecule has 23 heavy (non-hydrogen) atoms. The van der Waals surface area contributed by atoms with Crippen molar-refractivity contribution >= 4 is 24.3 Å². The van der Waals surface area contributed by atoms with E-state index in [2.05, 4.69) is 17.6 Å². The summed E-state index contributed by atoms with van der Waals surface area (Å²) in [5.41, 5.74) is 0.920. The van der Waals surface area contributed by atoms with Gasteiger partial charge in [0.1, 0.15) is 0 Å². The van der Waals surface area contributed by atoms with Crippen molar-refractivity contribution in [3.63, 3.8) is 0 Å². The van der Waals surface area contributed by atoms with E-state index in [1.54, 1.807) is 0 Å². The lowest BCUT2D eigenvalue weighted by molar-refractivity contribution is -0.141. The molecule has 2 rings (SSSR count). The average Bonchev–Trinajstić information content (AvgIpc) is 2.54. The SMILES string of the molecule is COC(=O)CC(NC(=O)[C@H]1CCN[C@@H](C)C1)c1ccccc1.Cl. The lowest BCUT2D eigenvalue weighted by atomic mass is 9.91. The first kappa shape index (κ1) is 19.5. The molecule has 0 bridgehead atoms. The van der Waals surface area contributed by atoms with Crippen molar-refractivity contribution in [3.8, 4) is 0 Å². The average molecular weight is 341 g/mol. The van der Waals surface area contributed by atoms with Crippen molar-refractivity contribution in [1.82, 2.24) is 10.6 Å². The summed E-state index contributed by atoms with van der Waals surface area (Å²) in [6, 6.07) is 9.55. The van der Waals surface area contributed by atoms with Gasteiger partial charge < -0.3 is 15.4 Å². The van der Waals surface area contributed by atoms with Gasteiger partial charge in [0.05, 0.1) is 19.6 Å². The Morgan fingerprint density at radius 2 is 2.04 bits per heavy atom. The van der Waals surface area contributed by atoms with Gasteiger partial charge in [-0.25, -0.2) is 0 Å². The highest BCUT2D eigenvalue weighted by Gasteiger charge is 2.27. The second-order valence-electron chi connectivity index (χ2n) is 5.83. The predicted molar refractivity (Wildman–Crippen MR) is 91.4 cm³/mol. The minimum absolute atomic E-state index is 0. The molecule has 1 heterocycles. The molecule has 128 valence electrons. The summed E-state index contributed by atoms with van der Waals surface area (Å²) < 4.78 is 4.75. The molecule has 0 radical (unpaired) electrons. The normalized spacial score (nSPS) is 21.7. The number of piperidine rings is 1. The molecule has 1 saturated heterocycles. The van der Waals surface area contributed by atoms with Crippen LogP contribution in [-0.2, 0) is 14.3 Å². The lowest BCUT2D eigenvalue weighted by Gasteiger charge is -2.29. The zero-order valence-corrected chi connectivity index (χ0v) is 14.4. The summed E-state index contributed by atoms with van der Waals surface area (Å²) in [4.78, 5) is 24.1. The largest absolute Gasteiger partial charge is 0.469 e. The Kier molecular flexibility index (Phi) is 8.06. The van der Waals surface area contributed by atoms with Gasteiger partial charge >= 0.3 is 5.97 Å². The molecule has 1 aliphatic rings. The number of methoxy groups -OCH3 is 1. The maximum atomic E-state index is 12.5. The van der Waals surface area contributed by atoms with Crippen LogP contribution in [0.1, 0.15) is 37.8 Å². The highest BCUT2D eigenvalue weighted by Crippen LogP contribution is 2.21. The molecule has 1 fully saturated rings. The highest BCUT2D eigenvalue weighted by atomic mass is 35.5. The third kappa shape index (κ3) is 5.84. The van der Waals surface area contributed by atoms with Crippen LogP contribution in [0.2, 0.25) is 0 Å². The molecule has 0 spiro atoms. The minimum Gasteiger partial charge on any atom is -0.469 e. The Morgan fingerprint density at radius 1 is 1.35 bits per heavy atom. The molecule has 0 aromatic heterocycles. The molecule has 6 heteroatoms. The van der Waals surface area contributed by atoms with Crippen molar-refractivity contribution in [2.75, 3.05) is 13.7 Å². The molecule has 3 atom stereocenters. The van der Waals surface area contributed by atoms with Crippen LogP contribution in [-0.4, -0.2) is 31.6 Å². The molecule has 5 nitrogen and oxygen atoms in total. The Morgan fingerprint density at radius 3 is 2.65 bits per heavy atom. The number of amides is 1. The molecule has 0 saturated carbocycles. The molecule has 0 aliphatic carbocycles. The van der Waals surface area contributed by atoms with E-state index in [0.29, 0.717) is 6.04 Å². The number of hydrogen-bond donors (Lipinski definition) is 2. The first-order chi connectivity index (χ1) is 10.6. The van der Waals surface area contributed by atoms with Crippen molar-refractivity contribution in [3.05, 3.63) is 35.9 Å². The zero-order valence-electron chi connectivity index (χ0n) is 13.6. The third-order valence-corrected chi connectivity index (χ3v) is 4.11. The lowest BCUT2D eigenvalue weighted by Crippen LogP contribution is -2.43. The fourth-order valence-corrected chi connectivity index (χ4v) is 2.85. The number of ether oxygens (including phenoxy) is 1. The number of rotatable bonds is 5. The molecule has 2 N–H and O–H groups in total. The van der Waals surface area contributed by atoms with Gasteiger partial charge in [0.15, 0.2) is 0 Å². The van der Waals surface area contributed by atoms with Crippen LogP contribution in [0.4, 0.5) is 0 Å². The Balaban J connectivity index is 0.00000264. The number of esters is 1. The molecule has 1 amide bonds. The minimum atomic E-state index is -0.341. The monoisotopic (exact) mass is 340 g/mol. The molecule has 1 aliphatic heterocycles. The number of benzene rings is 1. The van der Waals surface area contributed by atoms with Crippen LogP contribution >= 0.6 is 12.4 Å². The van der Waals surface area contributed by atoms with Gasteiger partial charge in [0, 0.05) is 12.0 Å². The van der Waals surface area contributed by atoms with Crippen molar-refractivity contribution < 1.29 is 14.3 Å². The number of nitrogens with one attached hydrogen (secondary N) is 2. The topological polar surface area (TPSA) is 67.4 Å². The summed E-state index contributed by atoms with van der Waals surface area (Å²) in [5, 5.41) is 6.36. The first-order valence-electron chi connectivity index (χ1n) is 7.75. The number of halogens is 1. The summed E-state index contributed by atoms with van der Waals surface area (Å²) in [7, 11) is 1.36. The Labute approximate surface area is 143 Å².